The van der Waals surface area contributed by atoms with E-state index in [9.17, 15) is 0 Å². The Morgan fingerprint density at radius 1 is 0.588 bits per heavy atom. The summed E-state index contributed by atoms with van der Waals surface area (Å²) in [4.78, 5) is 19.1. The maximum absolute atomic E-state index is 5.01. The van der Waals surface area contributed by atoms with Crippen molar-refractivity contribution in [2.75, 3.05) is 0 Å². The number of rotatable bonds is 0. The van der Waals surface area contributed by atoms with Crippen LogP contribution in [0, 0.1) is 11.8 Å². The van der Waals surface area contributed by atoms with Crippen LogP contribution in [0.3, 0.4) is 0 Å². The SMILES string of the molecule is CC(C)(C)c1ccc(C#Cc2ccc3nc4c5cccnc5c5ncccc5c4nc3c2)cc1. The molecule has 0 bridgehead atoms. The smallest absolute Gasteiger partial charge is 0.0996 e. The van der Waals surface area contributed by atoms with E-state index in [1.54, 1.807) is 12.4 Å². The zero-order valence-electron chi connectivity index (χ0n) is 19.3. The van der Waals surface area contributed by atoms with Crippen LogP contribution in [0.5, 0.6) is 0 Å². The minimum atomic E-state index is 0.132. The first-order chi connectivity index (χ1) is 16.5. The molecule has 4 heteroatoms. The summed E-state index contributed by atoms with van der Waals surface area (Å²) in [6.45, 7) is 6.64. The van der Waals surface area contributed by atoms with E-state index in [-0.39, 0.29) is 5.41 Å². The highest BCUT2D eigenvalue weighted by atomic mass is 14.8. The Kier molecular flexibility index (Phi) is 4.53. The zero-order valence-corrected chi connectivity index (χ0v) is 19.3. The van der Waals surface area contributed by atoms with Gasteiger partial charge in [-0.3, -0.25) is 9.97 Å². The average Bonchev–Trinajstić information content (AvgIpc) is 2.86. The van der Waals surface area contributed by atoms with Gasteiger partial charge in [-0.25, -0.2) is 9.97 Å². The van der Waals surface area contributed by atoms with Crippen molar-refractivity contribution >= 4 is 43.9 Å². The summed E-state index contributed by atoms with van der Waals surface area (Å²) in [7, 11) is 0. The van der Waals surface area contributed by atoms with Crippen molar-refractivity contribution in [3.05, 3.63) is 95.8 Å². The van der Waals surface area contributed by atoms with Crippen molar-refractivity contribution < 1.29 is 0 Å². The second-order valence-corrected chi connectivity index (χ2v) is 9.50. The second-order valence-electron chi connectivity index (χ2n) is 9.50. The minimum absolute atomic E-state index is 0.132. The zero-order chi connectivity index (χ0) is 23.3. The highest BCUT2D eigenvalue weighted by Gasteiger charge is 2.14. The van der Waals surface area contributed by atoms with E-state index in [2.05, 4.69) is 66.8 Å². The van der Waals surface area contributed by atoms with Crippen LogP contribution in [-0.4, -0.2) is 19.9 Å². The van der Waals surface area contributed by atoms with Crippen LogP contribution < -0.4 is 0 Å². The molecule has 0 unspecified atom stereocenters. The van der Waals surface area contributed by atoms with E-state index in [1.165, 1.54) is 5.56 Å². The summed E-state index contributed by atoms with van der Waals surface area (Å²) in [5, 5.41) is 1.91. The van der Waals surface area contributed by atoms with Crippen LogP contribution in [0.25, 0.3) is 43.9 Å². The van der Waals surface area contributed by atoms with E-state index >= 15 is 0 Å². The molecule has 162 valence electrons. The van der Waals surface area contributed by atoms with Crippen molar-refractivity contribution in [2.45, 2.75) is 26.2 Å². The molecule has 4 nitrogen and oxygen atoms in total. The fraction of sp³-hybridized carbons (Fsp3) is 0.133. The van der Waals surface area contributed by atoms with Gasteiger partial charge in [0.05, 0.1) is 33.1 Å². The molecule has 0 radical (unpaired) electrons. The lowest BCUT2D eigenvalue weighted by atomic mass is 9.87. The highest BCUT2D eigenvalue weighted by Crippen LogP contribution is 2.31. The van der Waals surface area contributed by atoms with Crippen LogP contribution in [0.1, 0.15) is 37.5 Å². The van der Waals surface area contributed by atoms with Gasteiger partial charge in [-0.05, 0) is 65.6 Å². The van der Waals surface area contributed by atoms with E-state index in [4.69, 9.17) is 9.97 Å². The van der Waals surface area contributed by atoms with Gasteiger partial charge in [0.2, 0.25) is 0 Å². The molecule has 34 heavy (non-hydrogen) atoms. The molecule has 0 N–H and O–H groups in total. The van der Waals surface area contributed by atoms with Gasteiger partial charge in [0.1, 0.15) is 0 Å². The molecule has 0 fully saturated rings. The Labute approximate surface area is 197 Å². The van der Waals surface area contributed by atoms with Gasteiger partial charge in [-0.15, -0.1) is 0 Å². The molecule has 0 aliphatic rings. The lowest BCUT2D eigenvalue weighted by Gasteiger charge is -2.18. The van der Waals surface area contributed by atoms with Gasteiger partial charge in [0.25, 0.3) is 0 Å². The van der Waals surface area contributed by atoms with E-state index in [0.717, 1.165) is 55.0 Å². The Morgan fingerprint density at radius 3 is 1.76 bits per heavy atom. The van der Waals surface area contributed by atoms with Crippen LogP contribution in [0.4, 0.5) is 0 Å². The highest BCUT2D eigenvalue weighted by molar-refractivity contribution is 6.21. The van der Waals surface area contributed by atoms with Gasteiger partial charge in [-0.1, -0.05) is 44.7 Å². The quantitative estimate of drug-likeness (QED) is 0.153. The van der Waals surface area contributed by atoms with Crippen molar-refractivity contribution in [3.63, 3.8) is 0 Å². The molecule has 6 rings (SSSR count). The van der Waals surface area contributed by atoms with E-state index in [0.29, 0.717) is 0 Å². The number of pyridine rings is 2. The topological polar surface area (TPSA) is 51.6 Å². The Morgan fingerprint density at radius 2 is 1.15 bits per heavy atom. The number of nitrogens with zero attached hydrogens (tertiary/aromatic N) is 4. The predicted octanol–water partition coefficient (Wildman–Crippen LogP) is 6.58. The Bertz CT molecular complexity index is 1780. The molecular weight excluding hydrogens is 416 g/mol. The molecule has 3 aromatic carbocycles. The summed E-state index contributed by atoms with van der Waals surface area (Å²) >= 11 is 0. The van der Waals surface area contributed by atoms with Gasteiger partial charge in [0, 0.05) is 34.3 Å². The van der Waals surface area contributed by atoms with Crippen LogP contribution in [-0.2, 0) is 5.41 Å². The van der Waals surface area contributed by atoms with Crippen molar-refractivity contribution in [2.24, 2.45) is 0 Å². The van der Waals surface area contributed by atoms with E-state index < -0.39 is 0 Å². The maximum atomic E-state index is 5.01. The molecule has 0 saturated carbocycles. The number of benzene rings is 3. The molecule has 0 spiro atoms. The van der Waals surface area contributed by atoms with Crippen molar-refractivity contribution in [3.8, 4) is 11.8 Å². The second kappa shape index (κ2) is 7.60. The number of fused-ring (bicyclic) bond motifs is 7. The summed E-state index contributed by atoms with van der Waals surface area (Å²) in [6.07, 6.45) is 3.58. The normalized spacial score (nSPS) is 11.7. The monoisotopic (exact) mass is 438 g/mol. The number of aromatic nitrogens is 4. The Hall–Kier alpha value is -4.36. The molecular formula is C30H22N4. The largest absolute Gasteiger partial charge is 0.254 e. The van der Waals surface area contributed by atoms with Crippen molar-refractivity contribution in [1.82, 2.24) is 19.9 Å². The molecule has 0 aliphatic heterocycles. The molecule has 6 aromatic rings. The predicted molar refractivity (Wildman–Crippen MR) is 139 cm³/mol. The first-order valence-electron chi connectivity index (χ1n) is 11.3. The lowest BCUT2D eigenvalue weighted by molar-refractivity contribution is 0.590. The van der Waals surface area contributed by atoms with Gasteiger partial charge < -0.3 is 0 Å². The van der Waals surface area contributed by atoms with Gasteiger partial charge in [0.15, 0.2) is 0 Å². The minimum Gasteiger partial charge on any atom is -0.254 e. The van der Waals surface area contributed by atoms with Gasteiger partial charge in [-0.2, -0.15) is 0 Å². The van der Waals surface area contributed by atoms with Crippen LogP contribution in [0.2, 0.25) is 0 Å². The van der Waals surface area contributed by atoms with Crippen molar-refractivity contribution in [1.29, 1.82) is 0 Å². The molecule has 0 saturated heterocycles. The summed E-state index contributed by atoms with van der Waals surface area (Å²) in [6, 6.07) is 22.4. The van der Waals surface area contributed by atoms with Crippen LogP contribution >= 0.6 is 0 Å². The third kappa shape index (κ3) is 3.43. The fourth-order valence-electron chi connectivity index (χ4n) is 4.28. The van der Waals surface area contributed by atoms with Crippen LogP contribution in [0.15, 0.2) is 79.1 Å². The molecule has 0 amide bonds. The molecule has 0 atom stereocenters. The third-order valence-corrected chi connectivity index (χ3v) is 6.12. The Balaban J connectivity index is 1.49. The number of hydrogen-bond acceptors (Lipinski definition) is 4. The first kappa shape index (κ1) is 20.3. The summed E-state index contributed by atoms with van der Waals surface area (Å²) in [5.41, 5.74) is 8.35. The first-order valence-corrected chi connectivity index (χ1v) is 11.3. The van der Waals surface area contributed by atoms with Gasteiger partial charge >= 0.3 is 0 Å². The number of hydrogen-bond donors (Lipinski definition) is 0. The standard InChI is InChI=1S/C30H22N4/c1-30(2,3)21-13-10-19(11-14-21)8-9-20-12-15-24-25(18-20)34-29-23-7-5-17-32-27(23)26-22(28(29)33-24)6-4-16-31-26/h4-7,10-18H,1-3H3. The van der Waals surface area contributed by atoms with E-state index in [1.807, 2.05) is 42.5 Å². The average molecular weight is 439 g/mol. The molecule has 3 heterocycles. The molecule has 0 aliphatic carbocycles. The summed E-state index contributed by atoms with van der Waals surface area (Å²) in [5.74, 6) is 6.56. The third-order valence-electron chi connectivity index (χ3n) is 6.12. The molecule has 3 aromatic heterocycles. The summed E-state index contributed by atoms with van der Waals surface area (Å²) < 4.78 is 0. The lowest BCUT2D eigenvalue weighted by Crippen LogP contribution is -2.10. The maximum Gasteiger partial charge on any atom is 0.0996 e. The fourth-order valence-corrected chi connectivity index (χ4v) is 4.28.